The summed E-state index contributed by atoms with van der Waals surface area (Å²) in [5, 5.41) is 12.4. The Hall–Kier alpha value is -2.68. The summed E-state index contributed by atoms with van der Waals surface area (Å²) in [7, 11) is 1.39. The molecule has 0 bridgehead atoms. The van der Waals surface area contributed by atoms with Gasteiger partial charge >= 0.3 is 5.97 Å². The summed E-state index contributed by atoms with van der Waals surface area (Å²) in [6, 6.07) is 4.48. The number of oxime groups is 1. The van der Waals surface area contributed by atoms with E-state index in [9.17, 15) is 9.59 Å². The van der Waals surface area contributed by atoms with Crippen molar-refractivity contribution in [3.63, 3.8) is 0 Å². The van der Waals surface area contributed by atoms with E-state index in [2.05, 4.69) is 5.16 Å². The van der Waals surface area contributed by atoms with E-state index in [0.29, 0.717) is 23.8 Å². The van der Waals surface area contributed by atoms with Crippen LogP contribution in [0.15, 0.2) is 23.4 Å². The van der Waals surface area contributed by atoms with Crippen LogP contribution in [0.2, 0.25) is 5.02 Å². The molecule has 0 aliphatic heterocycles. The summed E-state index contributed by atoms with van der Waals surface area (Å²) in [5.41, 5.74) is 10.4. The molecule has 1 rings (SSSR count). The molecule has 0 radical (unpaired) electrons. The Kier molecular flexibility index (Phi) is 7.63. The number of halogens is 1. The van der Waals surface area contributed by atoms with E-state index in [0.717, 1.165) is 4.90 Å². The smallest absolute Gasteiger partial charge is 0.323 e. The van der Waals surface area contributed by atoms with Crippen molar-refractivity contribution in [3.8, 4) is 5.75 Å². The Morgan fingerprint density at radius 1 is 1.29 bits per heavy atom. The minimum atomic E-state index is -1.11. The van der Waals surface area contributed by atoms with Crippen molar-refractivity contribution >= 4 is 29.4 Å². The molecule has 9 nitrogen and oxygen atoms in total. The van der Waals surface area contributed by atoms with Crippen LogP contribution in [0.4, 0.5) is 0 Å². The summed E-state index contributed by atoms with van der Waals surface area (Å²) in [6.45, 7) is 0.133. The topological polar surface area (TPSA) is 140 Å². The summed E-state index contributed by atoms with van der Waals surface area (Å²) >= 11 is 5.96. The number of amides is 1. The lowest BCUT2D eigenvalue weighted by Gasteiger charge is -2.15. The molecule has 10 heteroatoms. The highest BCUT2D eigenvalue weighted by molar-refractivity contribution is 6.31. The molecule has 5 N–H and O–H groups in total. The summed E-state index contributed by atoms with van der Waals surface area (Å²) in [6.07, 6.45) is 0.505. The zero-order valence-corrected chi connectivity index (χ0v) is 13.8. The normalized spacial score (nSPS) is 9.92. The Balaban J connectivity index is 2.61. The van der Waals surface area contributed by atoms with Crippen molar-refractivity contribution in [1.82, 2.24) is 4.90 Å². The average molecular weight is 359 g/mol. The summed E-state index contributed by atoms with van der Waals surface area (Å²) < 4.78 is 5.48. The van der Waals surface area contributed by atoms with Crippen LogP contribution < -0.4 is 16.2 Å². The first kappa shape index (κ1) is 19.4. The molecule has 0 aliphatic rings. The van der Waals surface area contributed by atoms with Gasteiger partial charge in [-0.05, 0) is 23.4 Å². The maximum atomic E-state index is 12.2. The number of benzene rings is 1. The van der Waals surface area contributed by atoms with Gasteiger partial charge in [0.05, 0.1) is 6.61 Å². The third-order valence-electron chi connectivity index (χ3n) is 2.66. The Morgan fingerprint density at radius 3 is 2.62 bits per heavy atom. The summed E-state index contributed by atoms with van der Waals surface area (Å²) in [4.78, 5) is 28.7. The first-order chi connectivity index (χ1) is 11.3. The van der Waals surface area contributed by atoms with Gasteiger partial charge in [0.25, 0.3) is 5.91 Å². The maximum absolute atomic E-state index is 12.2. The quantitative estimate of drug-likeness (QED) is 0.252. The van der Waals surface area contributed by atoms with Crippen LogP contribution in [-0.2, 0) is 9.63 Å². The van der Waals surface area contributed by atoms with Gasteiger partial charge in [-0.3, -0.25) is 9.59 Å². The zero-order chi connectivity index (χ0) is 18.1. The van der Waals surface area contributed by atoms with Gasteiger partial charge in [0.1, 0.15) is 18.9 Å². The second kappa shape index (κ2) is 9.46. The Labute approximate surface area is 143 Å². The molecule has 0 aliphatic carbocycles. The number of aliphatic carboxylic acids is 1. The maximum Gasteiger partial charge on any atom is 0.323 e. The average Bonchev–Trinajstić information content (AvgIpc) is 2.48. The zero-order valence-electron chi connectivity index (χ0n) is 13.1. The number of nitrogens with two attached hydrogens (primary N) is 2. The van der Waals surface area contributed by atoms with Crippen LogP contribution in [-0.4, -0.2) is 54.6 Å². The molecule has 1 aromatic carbocycles. The van der Waals surface area contributed by atoms with Crippen molar-refractivity contribution in [1.29, 1.82) is 0 Å². The van der Waals surface area contributed by atoms with Crippen molar-refractivity contribution in [3.05, 3.63) is 28.8 Å². The van der Waals surface area contributed by atoms with Gasteiger partial charge in [-0.2, -0.15) is 0 Å². The van der Waals surface area contributed by atoms with E-state index in [1.54, 1.807) is 6.07 Å². The van der Waals surface area contributed by atoms with Gasteiger partial charge in [-0.25, -0.2) is 0 Å². The third-order valence-corrected chi connectivity index (χ3v) is 2.87. The largest absolute Gasteiger partial charge is 0.493 e. The number of guanidine groups is 1. The van der Waals surface area contributed by atoms with Crippen LogP contribution in [0.5, 0.6) is 5.75 Å². The minimum Gasteiger partial charge on any atom is -0.493 e. The molecule has 0 heterocycles. The molecule has 0 aromatic heterocycles. The van der Waals surface area contributed by atoms with E-state index in [1.165, 1.54) is 19.2 Å². The molecule has 0 saturated carbocycles. The van der Waals surface area contributed by atoms with E-state index in [-0.39, 0.29) is 18.1 Å². The third kappa shape index (κ3) is 7.05. The van der Waals surface area contributed by atoms with Crippen molar-refractivity contribution < 1.29 is 24.3 Å². The number of carboxylic acid groups (broad SMARTS) is 1. The van der Waals surface area contributed by atoms with Gasteiger partial charge in [0, 0.05) is 24.1 Å². The molecule has 24 heavy (non-hydrogen) atoms. The Bertz CT molecular complexity index is 619. The van der Waals surface area contributed by atoms with E-state index in [4.69, 9.17) is 37.7 Å². The van der Waals surface area contributed by atoms with Crippen LogP contribution in [0.25, 0.3) is 0 Å². The highest BCUT2D eigenvalue weighted by Crippen LogP contribution is 2.22. The number of likely N-dealkylation sites (N-methyl/N-ethyl adjacent to an activating group) is 1. The van der Waals surface area contributed by atoms with Crippen molar-refractivity contribution in [2.75, 3.05) is 26.8 Å². The van der Waals surface area contributed by atoms with Crippen LogP contribution in [0.3, 0.4) is 0 Å². The fourth-order valence-electron chi connectivity index (χ4n) is 1.70. The number of ether oxygens (including phenoxy) is 1. The SMILES string of the molecule is CN(CC(=O)O)C(=O)c1cc(Cl)cc(OCCCON=C(N)N)c1. The number of carbonyl (C=O) groups is 2. The highest BCUT2D eigenvalue weighted by atomic mass is 35.5. The van der Waals surface area contributed by atoms with Gasteiger partial charge in [-0.15, -0.1) is 0 Å². The molecule has 132 valence electrons. The lowest BCUT2D eigenvalue weighted by atomic mass is 10.2. The highest BCUT2D eigenvalue weighted by Gasteiger charge is 2.16. The lowest BCUT2D eigenvalue weighted by Crippen LogP contribution is -2.31. The first-order valence-corrected chi connectivity index (χ1v) is 7.29. The first-order valence-electron chi connectivity index (χ1n) is 6.91. The number of hydrogen-bond donors (Lipinski definition) is 3. The monoisotopic (exact) mass is 358 g/mol. The number of carbonyl (C=O) groups excluding carboxylic acids is 1. The van der Waals surface area contributed by atoms with Gasteiger partial charge in [-0.1, -0.05) is 11.6 Å². The molecule has 0 saturated heterocycles. The van der Waals surface area contributed by atoms with Gasteiger partial charge in [0.15, 0.2) is 0 Å². The fourth-order valence-corrected chi connectivity index (χ4v) is 1.92. The van der Waals surface area contributed by atoms with Crippen molar-refractivity contribution in [2.24, 2.45) is 16.6 Å². The second-order valence-electron chi connectivity index (χ2n) is 4.78. The van der Waals surface area contributed by atoms with Crippen LogP contribution in [0.1, 0.15) is 16.8 Å². The van der Waals surface area contributed by atoms with Crippen molar-refractivity contribution in [2.45, 2.75) is 6.42 Å². The minimum absolute atomic E-state index is 0.167. The lowest BCUT2D eigenvalue weighted by molar-refractivity contribution is -0.137. The molecule has 0 unspecified atom stereocenters. The second-order valence-corrected chi connectivity index (χ2v) is 5.22. The number of carboxylic acids is 1. The molecular weight excluding hydrogens is 340 g/mol. The van der Waals surface area contributed by atoms with Gasteiger partial charge in [0.2, 0.25) is 5.96 Å². The Morgan fingerprint density at radius 2 is 2.00 bits per heavy atom. The van der Waals surface area contributed by atoms with E-state index in [1.807, 2.05) is 0 Å². The van der Waals surface area contributed by atoms with E-state index < -0.39 is 18.4 Å². The molecule has 0 fully saturated rings. The predicted molar refractivity (Wildman–Crippen MR) is 87.9 cm³/mol. The number of rotatable bonds is 9. The van der Waals surface area contributed by atoms with E-state index >= 15 is 0 Å². The summed E-state index contributed by atoms with van der Waals surface area (Å²) in [5.74, 6) is -1.36. The fraction of sp³-hybridized carbons (Fsp3) is 0.357. The predicted octanol–water partition coefficient (Wildman–Crippen LogP) is 0.471. The van der Waals surface area contributed by atoms with Gasteiger partial charge < -0.3 is 31.0 Å². The molecular formula is C14H19ClN4O5. The molecule has 0 spiro atoms. The number of nitrogens with zero attached hydrogens (tertiary/aromatic N) is 2. The molecule has 1 aromatic rings. The standard InChI is InChI=1S/C14H19ClN4O5/c1-19(8-12(20)21)13(22)9-5-10(15)7-11(6-9)23-3-2-4-24-18-14(16)17/h5-7H,2-4,8H2,1H3,(H,20,21)(H4,16,17,18). The molecule has 0 atom stereocenters. The van der Waals surface area contributed by atoms with Crippen LogP contribution in [0, 0.1) is 0 Å². The molecule has 1 amide bonds. The van der Waals surface area contributed by atoms with Crippen LogP contribution >= 0.6 is 11.6 Å². The number of hydrogen-bond acceptors (Lipinski definition) is 5.